The Morgan fingerprint density at radius 3 is 2.04 bits per heavy atom. The smallest absolute Gasteiger partial charge is 0.252 e. The fourth-order valence-corrected chi connectivity index (χ4v) is 8.95. The standard InChI is InChI=1S/C44H37BOS/c1-43(2,3)31-18-19-36-34(23-31)45-35-24-32(44(4,5)6)25-38-40(35)39(42(47-38)27-13-8-7-9-14-27)33-21-30(22-37(46-36)41(33)45)29-17-16-26-12-10-11-15-28(26)20-29/h7-25H,1-6H3. The molecule has 0 unspecified atom stereocenters. The minimum atomic E-state index is 0.0199. The van der Waals surface area contributed by atoms with Crippen molar-refractivity contribution in [1.82, 2.24) is 0 Å². The summed E-state index contributed by atoms with van der Waals surface area (Å²) in [6.07, 6.45) is 0. The molecular weight excluding hydrogens is 587 g/mol. The Morgan fingerprint density at radius 1 is 0.553 bits per heavy atom. The third kappa shape index (κ3) is 4.43. The van der Waals surface area contributed by atoms with Crippen LogP contribution < -0.4 is 21.1 Å². The van der Waals surface area contributed by atoms with E-state index in [4.69, 9.17) is 4.74 Å². The second-order valence-corrected chi connectivity index (χ2v) is 16.4. The molecule has 0 radical (unpaired) electrons. The van der Waals surface area contributed by atoms with E-state index in [1.54, 1.807) is 0 Å². The van der Waals surface area contributed by atoms with Crippen molar-refractivity contribution in [3.63, 3.8) is 0 Å². The van der Waals surface area contributed by atoms with E-state index in [2.05, 4.69) is 157 Å². The van der Waals surface area contributed by atoms with Crippen LogP contribution in [-0.2, 0) is 10.8 Å². The molecule has 9 rings (SSSR count). The molecule has 2 aliphatic heterocycles. The van der Waals surface area contributed by atoms with Gasteiger partial charge in [-0.25, -0.2) is 0 Å². The van der Waals surface area contributed by atoms with Gasteiger partial charge in [0.1, 0.15) is 11.5 Å². The maximum atomic E-state index is 6.98. The Balaban J connectivity index is 1.41. The van der Waals surface area contributed by atoms with Crippen molar-refractivity contribution in [2.75, 3.05) is 0 Å². The Bertz CT molecular complexity index is 2400. The molecule has 47 heavy (non-hydrogen) atoms. The van der Waals surface area contributed by atoms with E-state index in [1.807, 2.05) is 11.3 Å². The Kier molecular flexibility index (Phi) is 6.06. The average molecular weight is 625 g/mol. The van der Waals surface area contributed by atoms with Crippen LogP contribution in [0.4, 0.5) is 0 Å². The topological polar surface area (TPSA) is 9.23 Å². The van der Waals surface area contributed by atoms with Gasteiger partial charge in [-0.05, 0) is 102 Å². The van der Waals surface area contributed by atoms with E-state index in [9.17, 15) is 0 Å². The van der Waals surface area contributed by atoms with E-state index >= 15 is 0 Å². The van der Waals surface area contributed by atoms with Crippen molar-refractivity contribution < 1.29 is 4.74 Å². The number of hydrogen-bond donors (Lipinski definition) is 0. The summed E-state index contributed by atoms with van der Waals surface area (Å²) in [4.78, 5) is 1.33. The minimum Gasteiger partial charge on any atom is -0.458 e. The maximum absolute atomic E-state index is 6.98. The maximum Gasteiger partial charge on any atom is 0.252 e. The molecule has 2 aliphatic rings. The molecule has 0 saturated heterocycles. The third-order valence-corrected chi connectivity index (χ3v) is 11.4. The first-order valence-electron chi connectivity index (χ1n) is 16.7. The second-order valence-electron chi connectivity index (χ2n) is 15.4. The molecule has 0 bridgehead atoms. The van der Waals surface area contributed by atoms with Crippen molar-refractivity contribution in [3.05, 3.63) is 126 Å². The zero-order chi connectivity index (χ0) is 32.2. The van der Waals surface area contributed by atoms with Crippen LogP contribution >= 0.6 is 11.3 Å². The van der Waals surface area contributed by atoms with Crippen LogP contribution in [0, 0.1) is 0 Å². The lowest BCUT2D eigenvalue weighted by Gasteiger charge is -2.35. The van der Waals surface area contributed by atoms with Gasteiger partial charge < -0.3 is 4.74 Å². The predicted molar refractivity (Wildman–Crippen MR) is 204 cm³/mol. The van der Waals surface area contributed by atoms with Gasteiger partial charge in [-0.2, -0.15) is 0 Å². The monoisotopic (exact) mass is 624 g/mol. The molecule has 0 spiro atoms. The fourth-order valence-electron chi connectivity index (χ4n) is 7.65. The van der Waals surface area contributed by atoms with Gasteiger partial charge >= 0.3 is 0 Å². The molecule has 0 amide bonds. The summed E-state index contributed by atoms with van der Waals surface area (Å²) in [5.74, 6) is 1.94. The molecule has 3 heteroatoms. The van der Waals surface area contributed by atoms with Crippen LogP contribution in [0.25, 0.3) is 53.6 Å². The van der Waals surface area contributed by atoms with E-state index in [-0.39, 0.29) is 17.5 Å². The molecule has 0 atom stereocenters. The van der Waals surface area contributed by atoms with Crippen molar-refractivity contribution in [2.45, 2.75) is 52.4 Å². The summed E-state index contributed by atoms with van der Waals surface area (Å²) in [6.45, 7) is 14.0. The van der Waals surface area contributed by atoms with Gasteiger partial charge in [-0.15, -0.1) is 11.3 Å². The van der Waals surface area contributed by atoms with Crippen LogP contribution in [0.3, 0.4) is 0 Å². The largest absolute Gasteiger partial charge is 0.458 e. The first-order chi connectivity index (χ1) is 22.5. The first kappa shape index (κ1) is 28.6. The summed E-state index contributed by atoms with van der Waals surface area (Å²) in [6, 6.07) is 43.0. The van der Waals surface area contributed by atoms with Crippen molar-refractivity contribution in [1.29, 1.82) is 0 Å². The zero-order valence-electron chi connectivity index (χ0n) is 27.9. The second kappa shape index (κ2) is 9.95. The molecule has 0 saturated carbocycles. The molecule has 7 aromatic rings. The highest BCUT2D eigenvalue weighted by atomic mass is 32.1. The number of rotatable bonds is 2. The summed E-state index contributed by atoms with van der Waals surface area (Å²) < 4.78 is 8.34. The lowest BCUT2D eigenvalue weighted by Crippen LogP contribution is -2.57. The van der Waals surface area contributed by atoms with Crippen LogP contribution in [0.1, 0.15) is 52.7 Å². The van der Waals surface area contributed by atoms with Gasteiger partial charge in [0, 0.05) is 15.1 Å². The number of hydrogen-bond acceptors (Lipinski definition) is 2. The Labute approximate surface area is 282 Å². The summed E-state index contributed by atoms with van der Waals surface area (Å²) in [5, 5.41) is 3.90. The Morgan fingerprint density at radius 2 is 1.28 bits per heavy atom. The zero-order valence-corrected chi connectivity index (χ0v) is 28.7. The van der Waals surface area contributed by atoms with E-state index < -0.39 is 0 Å². The van der Waals surface area contributed by atoms with Crippen molar-refractivity contribution in [3.8, 4) is 44.2 Å². The first-order valence-corrected chi connectivity index (χ1v) is 17.5. The Hall–Kier alpha value is -4.60. The number of benzene rings is 6. The van der Waals surface area contributed by atoms with E-state index in [0.717, 1.165) is 11.5 Å². The van der Waals surface area contributed by atoms with Gasteiger partial charge in [0.15, 0.2) is 0 Å². The molecule has 228 valence electrons. The molecule has 6 aromatic carbocycles. The van der Waals surface area contributed by atoms with Gasteiger partial charge in [0.05, 0.1) is 0 Å². The molecule has 0 fully saturated rings. The molecule has 0 aliphatic carbocycles. The molecule has 1 aromatic heterocycles. The highest BCUT2D eigenvalue weighted by Crippen LogP contribution is 2.49. The summed E-state index contributed by atoms with van der Waals surface area (Å²) in [7, 11) is 0. The summed E-state index contributed by atoms with van der Waals surface area (Å²) in [5.41, 5.74) is 13.0. The fraction of sp³-hybridized carbons (Fsp3) is 0.182. The SMILES string of the molecule is CC(C)(C)c1ccc2c(c1)B1c3c(cc(-c4ccc5ccccc5c4)cc3-c3c(-c4ccccc4)sc4cc(C(C)(C)C)cc1c34)O2. The van der Waals surface area contributed by atoms with Gasteiger partial charge in [0.25, 0.3) is 6.71 Å². The highest BCUT2D eigenvalue weighted by Gasteiger charge is 2.42. The van der Waals surface area contributed by atoms with Gasteiger partial charge in [-0.1, -0.05) is 132 Å². The lowest BCUT2D eigenvalue weighted by molar-refractivity contribution is 0.486. The minimum absolute atomic E-state index is 0.0199. The highest BCUT2D eigenvalue weighted by molar-refractivity contribution is 7.23. The van der Waals surface area contributed by atoms with Crippen LogP contribution in [0.2, 0.25) is 0 Å². The quantitative estimate of drug-likeness (QED) is 0.174. The van der Waals surface area contributed by atoms with E-state index in [0.29, 0.717) is 0 Å². The summed E-state index contributed by atoms with van der Waals surface area (Å²) >= 11 is 1.94. The van der Waals surface area contributed by atoms with Crippen LogP contribution in [0.15, 0.2) is 115 Å². The lowest BCUT2D eigenvalue weighted by atomic mass is 9.32. The average Bonchev–Trinajstić information content (AvgIpc) is 3.45. The van der Waals surface area contributed by atoms with Crippen molar-refractivity contribution in [2.24, 2.45) is 0 Å². The van der Waals surface area contributed by atoms with Crippen LogP contribution in [0.5, 0.6) is 11.5 Å². The predicted octanol–water partition coefficient (Wildman–Crippen LogP) is 10.6. The van der Waals surface area contributed by atoms with Gasteiger partial charge in [-0.3, -0.25) is 0 Å². The molecule has 1 nitrogen and oxygen atoms in total. The molecule has 0 N–H and O–H groups in total. The molecule has 3 heterocycles. The number of ether oxygens (including phenoxy) is 1. The van der Waals surface area contributed by atoms with Crippen LogP contribution in [-0.4, -0.2) is 6.71 Å². The number of fused-ring (bicyclic) bond motifs is 5. The molecular formula is C44H37BOS. The number of thiophene rings is 1. The van der Waals surface area contributed by atoms with Crippen molar-refractivity contribution >= 4 is 55.3 Å². The van der Waals surface area contributed by atoms with E-state index in [1.165, 1.54) is 81.1 Å². The normalized spacial score (nSPS) is 13.4. The van der Waals surface area contributed by atoms with Gasteiger partial charge in [0.2, 0.25) is 0 Å². The third-order valence-electron chi connectivity index (χ3n) is 10.2.